The molecule has 0 unspecified atom stereocenters. The minimum absolute atomic E-state index is 0.00335. The third kappa shape index (κ3) is 6.29. The minimum Gasteiger partial charge on any atom is -0.379 e. The van der Waals surface area contributed by atoms with Crippen molar-refractivity contribution in [2.24, 2.45) is 0 Å². The van der Waals surface area contributed by atoms with Crippen LogP contribution in [0.3, 0.4) is 0 Å². The van der Waals surface area contributed by atoms with Gasteiger partial charge >= 0.3 is 0 Å². The molecule has 1 heterocycles. The molecule has 1 aromatic rings. The lowest BCUT2D eigenvalue weighted by Gasteiger charge is -2.26. The number of benzene rings is 1. The number of hydrogen-bond acceptors (Lipinski definition) is 4. The first-order valence-electron chi connectivity index (χ1n) is 8.48. The van der Waals surface area contributed by atoms with Crippen LogP contribution in [0.2, 0.25) is 0 Å². The van der Waals surface area contributed by atoms with Gasteiger partial charge in [-0.1, -0.05) is 17.2 Å². The highest BCUT2D eigenvalue weighted by Crippen LogP contribution is 2.08. The number of carbonyl (C=O) groups is 2. The van der Waals surface area contributed by atoms with E-state index in [2.05, 4.69) is 15.5 Å². The molecule has 0 saturated carbocycles. The molecule has 2 N–H and O–H groups in total. The van der Waals surface area contributed by atoms with E-state index < -0.39 is 0 Å². The molecule has 0 atom stereocenters. The Bertz CT molecular complexity index is 548. The maximum absolute atomic E-state index is 12.1. The third-order valence-corrected chi connectivity index (χ3v) is 3.97. The molecule has 0 spiro atoms. The van der Waals surface area contributed by atoms with Crippen LogP contribution in [0, 0.1) is 13.8 Å². The predicted octanol–water partition coefficient (Wildman–Crippen LogP) is 0.872. The Morgan fingerprint density at radius 3 is 2.42 bits per heavy atom. The lowest BCUT2D eigenvalue weighted by molar-refractivity contribution is -0.120. The van der Waals surface area contributed by atoms with Gasteiger partial charge in [0.05, 0.1) is 19.8 Å². The molecule has 6 heteroatoms. The highest BCUT2D eigenvalue weighted by molar-refractivity contribution is 5.96. The molecule has 24 heavy (non-hydrogen) atoms. The lowest BCUT2D eigenvalue weighted by atomic mass is 10.1. The molecule has 1 aliphatic rings. The molecular formula is C18H27N3O3. The van der Waals surface area contributed by atoms with Crippen molar-refractivity contribution in [2.75, 3.05) is 45.9 Å². The van der Waals surface area contributed by atoms with Crippen LogP contribution in [0.1, 0.15) is 27.9 Å². The molecule has 0 aromatic heterocycles. The topological polar surface area (TPSA) is 70.7 Å². The van der Waals surface area contributed by atoms with E-state index in [0.717, 1.165) is 50.4 Å². The molecule has 0 bridgehead atoms. The SMILES string of the molecule is Cc1cc(C)cc(C(=O)NCC(=O)NCCCN2CCOCC2)c1. The molecule has 0 radical (unpaired) electrons. The second kappa shape index (κ2) is 9.39. The summed E-state index contributed by atoms with van der Waals surface area (Å²) in [5, 5.41) is 5.51. The molecule has 2 rings (SSSR count). The van der Waals surface area contributed by atoms with Crippen molar-refractivity contribution in [3.63, 3.8) is 0 Å². The van der Waals surface area contributed by atoms with Gasteiger partial charge in [-0.15, -0.1) is 0 Å². The van der Waals surface area contributed by atoms with E-state index in [1.54, 1.807) is 0 Å². The maximum atomic E-state index is 12.1. The van der Waals surface area contributed by atoms with Crippen molar-refractivity contribution in [2.45, 2.75) is 20.3 Å². The zero-order chi connectivity index (χ0) is 17.4. The van der Waals surface area contributed by atoms with Gasteiger partial charge in [0, 0.05) is 25.2 Å². The number of ether oxygens (including phenoxy) is 1. The summed E-state index contributed by atoms with van der Waals surface area (Å²) >= 11 is 0. The normalized spacial score (nSPS) is 15.1. The summed E-state index contributed by atoms with van der Waals surface area (Å²) in [6, 6.07) is 5.66. The van der Waals surface area contributed by atoms with Crippen LogP contribution in [0.4, 0.5) is 0 Å². The smallest absolute Gasteiger partial charge is 0.251 e. The Kier molecular flexibility index (Phi) is 7.21. The number of nitrogens with one attached hydrogen (secondary N) is 2. The van der Waals surface area contributed by atoms with E-state index in [-0.39, 0.29) is 18.4 Å². The van der Waals surface area contributed by atoms with Crippen LogP contribution >= 0.6 is 0 Å². The lowest BCUT2D eigenvalue weighted by Crippen LogP contribution is -2.40. The fourth-order valence-corrected chi connectivity index (χ4v) is 2.79. The zero-order valence-electron chi connectivity index (χ0n) is 14.6. The first-order valence-corrected chi connectivity index (χ1v) is 8.48. The second-order valence-electron chi connectivity index (χ2n) is 6.22. The number of morpholine rings is 1. The minimum atomic E-state index is -0.217. The molecule has 1 aromatic carbocycles. The van der Waals surface area contributed by atoms with Crippen LogP contribution < -0.4 is 10.6 Å². The number of rotatable bonds is 7. The van der Waals surface area contributed by atoms with Gasteiger partial charge in [-0.3, -0.25) is 14.5 Å². The largest absolute Gasteiger partial charge is 0.379 e. The fraction of sp³-hybridized carbons (Fsp3) is 0.556. The van der Waals surface area contributed by atoms with Gasteiger partial charge in [0.25, 0.3) is 5.91 Å². The van der Waals surface area contributed by atoms with Crippen molar-refractivity contribution in [1.82, 2.24) is 15.5 Å². The molecule has 1 fully saturated rings. The summed E-state index contributed by atoms with van der Waals surface area (Å²) in [7, 11) is 0. The molecule has 0 aliphatic carbocycles. The Morgan fingerprint density at radius 2 is 1.75 bits per heavy atom. The van der Waals surface area contributed by atoms with E-state index >= 15 is 0 Å². The van der Waals surface area contributed by atoms with Crippen molar-refractivity contribution in [1.29, 1.82) is 0 Å². The highest BCUT2D eigenvalue weighted by Gasteiger charge is 2.11. The van der Waals surface area contributed by atoms with Gasteiger partial charge in [0.15, 0.2) is 0 Å². The highest BCUT2D eigenvalue weighted by atomic mass is 16.5. The van der Waals surface area contributed by atoms with Gasteiger partial charge in [-0.25, -0.2) is 0 Å². The molecule has 1 saturated heterocycles. The second-order valence-corrected chi connectivity index (χ2v) is 6.22. The average Bonchev–Trinajstić information content (AvgIpc) is 2.56. The van der Waals surface area contributed by atoms with E-state index in [1.165, 1.54) is 0 Å². The van der Waals surface area contributed by atoms with E-state index in [4.69, 9.17) is 4.74 Å². The van der Waals surface area contributed by atoms with Crippen molar-refractivity contribution < 1.29 is 14.3 Å². The average molecular weight is 333 g/mol. The van der Waals surface area contributed by atoms with Crippen molar-refractivity contribution in [3.8, 4) is 0 Å². The van der Waals surface area contributed by atoms with Crippen LogP contribution in [-0.2, 0) is 9.53 Å². The fourth-order valence-electron chi connectivity index (χ4n) is 2.79. The van der Waals surface area contributed by atoms with Crippen LogP contribution in [0.15, 0.2) is 18.2 Å². The predicted molar refractivity (Wildman–Crippen MR) is 93.1 cm³/mol. The third-order valence-electron chi connectivity index (χ3n) is 3.97. The molecule has 1 aliphatic heterocycles. The number of hydrogen-bond donors (Lipinski definition) is 2. The van der Waals surface area contributed by atoms with Crippen molar-refractivity contribution >= 4 is 11.8 Å². The Labute approximate surface area is 143 Å². The van der Waals surface area contributed by atoms with E-state index in [9.17, 15) is 9.59 Å². The number of carbonyl (C=O) groups excluding carboxylic acids is 2. The molecule has 6 nitrogen and oxygen atoms in total. The van der Waals surface area contributed by atoms with Gasteiger partial charge in [0.1, 0.15) is 0 Å². The van der Waals surface area contributed by atoms with Crippen LogP contribution in [0.5, 0.6) is 0 Å². The van der Waals surface area contributed by atoms with Crippen LogP contribution in [-0.4, -0.2) is 62.7 Å². The first kappa shape index (κ1) is 18.4. The van der Waals surface area contributed by atoms with Gasteiger partial charge in [0.2, 0.25) is 5.91 Å². The van der Waals surface area contributed by atoms with Gasteiger partial charge in [-0.05, 0) is 38.9 Å². The summed E-state index contributed by atoms with van der Waals surface area (Å²) in [6.07, 6.45) is 0.900. The van der Waals surface area contributed by atoms with Gasteiger partial charge in [-0.2, -0.15) is 0 Å². The summed E-state index contributed by atoms with van der Waals surface area (Å²) in [5.41, 5.74) is 2.66. The number of nitrogens with zero attached hydrogens (tertiary/aromatic N) is 1. The number of amides is 2. The monoisotopic (exact) mass is 333 g/mol. The van der Waals surface area contributed by atoms with E-state index in [1.807, 2.05) is 32.0 Å². The summed E-state index contributed by atoms with van der Waals surface area (Å²) in [4.78, 5) is 26.2. The Hall–Kier alpha value is -1.92. The molecule has 2 amide bonds. The van der Waals surface area contributed by atoms with Crippen LogP contribution in [0.25, 0.3) is 0 Å². The standard InChI is InChI=1S/C18H27N3O3/c1-14-10-15(2)12-16(11-14)18(23)20-13-17(22)19-4-3-5-21-6-8-24-9-7-21/h10-12H,3-9,13H2,1-2H3,(H,19,22)(H,20,23). The molecular weight excluding hydrogens is 306 g/mol. The van der Waals surface area contributed by atoms with E-state index in [0.29, 0.717) is 12.1 Å². The quantitative estimate of drug-likeness (QED) is 0.727. The zero-order valence-corrected chi connectivity index (χ0v) is 14.6. The first-order chi connectivity index (χ1) is 11.5. The maximum Gasteiger partial charge on any atom is 0.251 e. The van der Waals surface area contributed by atoms with Crippen molar-refractivity contribution in [3.05, 3.63) is 34.9 Å². The Morgan fingerprint density at radius 1 is 1.08 bits per heavy atom. The summed E-state index contributed by atoms with van der Waals surface area (Å²) < 4.78 is 5.30. The number of aryl methyl sites for hydroxylation is 2. The van der Waals surface area contributed by atoms with Gasteiger partial charge < -0.3 is 15.4 Å². The summed E-state index contributed by atoms with van der Waals surface area (Å²) in [6.45, 7) is 8.97. The molecule has 132 valence electrons. The Balaban J connectivity index is 1.62. The summed E-state index contributed by atoms with van der Waals surface area (Å²) in [5.74, 6) is -0.375.